The van der Waals surface area contributed by atoms with Crippen molar-refractivity contribution in [3.8, 4) is 0 Å². The van der Waals surface area contributed by atoms with Crippen molar-refractivity contribution in [1.82, 2.24) is 4.98 Å². The molecule has 0 aliphatic rings. The quantitative estimate of drug-likeness (QED) is 0.889. The fourth-order valence-electron chi connectivity index (χ4n) is 1.84. The molecule has 0 aliphatic heterocycles. The average molecular weight is 306 g/mol. The molecule has 2 aromatic rings. The van der Waals surface area contributed by atoms with E-state index in [9.17, 15) is 4.79 Å². The maximum absolute atomic E-state index is 12.0. The molecular weight excluding hydrogens is 290 g/mol. The fourth-order valence-corrected chi connectivity index (χ4v) is 1.95. The van der Waals surface area contributed by atoms with E-state index in [1.807, 2.05) is 0 Å². The third-order valence-corrected chi connectivity index (χ3v) is 3.10. The van der Waals surface area contributed by atoms with Gasteiger partial charge in [0.15, 0.2) is 0 Å². The van der Waals surface area contributed by atoms with Crippen LogP contribution in [0.4, 0.5) is 11.5 Å². The Morgan fingerprint density at radius 3 is 2.86 bits per heavy atom. The highest BCUT2D eigenvalue weighted by Gasteiger charge is 2.09. The van der Waals surface area contributed by atoms with E-state index in [2.05, 4.69) is 10.3 Å². The van der Waals surface area contributed by atoms with E-state index in [0.717, 1.165) is 5.56 Å². The van der Waals surface area contributed by atoms with Crippen LogP contribution < -0.4 is 10.2 Å². The highest BCUT2D eigenvalue weighted by atomic mass is 35.5. The number of benzene rings is 1. The van der Waals surface area contributed by atoms with Gasteiger partial charge in [0.25, 0.3) is 0 Å². The molecule has 5 nitrogen and oxygen atoms in total. The number of halogens is 1. The summed E-state index contributed by atoms with van der Waals surface area (Å²) in [5.41, 5.74) is 1.41. The monoisotopic (exact) mass is 305 g/mol. The number of anilines is 2. The molecule has 0 fully saturated rings. The summed E-state index contributed by atoms with van der Waals surface area (Å²) in [5, 5.41) is 12.4. The number of carbonyl (C=O) groups is 1. The number of carbonyl (C=O) groups excluding carboxylic acids is 1. The lowest BCUT2D eigenvalue weighted by atomic mass is 10.2. The molecule has 0 radical (unpaired) electrons. The van der Waals surface area contributed by atoms with Gasteiger partial charge in [0, 0.05) is 18.9 Å². The van der Waals surface area contributed by atoms with E-state index in [1.54, 1.807) is 48.3 Å². The Hall–Kier alpha value is -2.11. The molecule has 0 saturated heterocycles. The smallest absolute Gasteiger partial charge is 0.243 e. The number of aliphatic hydroxyl groups is 1. The molecule has 0 aliphatic carbocycles. The molecule has 0 atom stereocenters. The third kappa shape index (κ3) is 4.44. The van der Waals surface area contributed by atoms with Crippen LogP contribution in [-0.2, 0) is 11.4 Å². The molecule has 110 valence electrons. The van der Waals surface area contributed by atoms with Crippen molar-refractivity contribution >= 4 is 29.0 Å². The summed E-state index contributed by atoms with van der Waals surface area (Å²) in [6.07, 6.45) is 1.54. The Kier molecular flexibility index (Phi) is 5.14. The van der Waals surface area contributed by atoms with Gasteiger partial charge in [-0.05, 0) is 29.8 Å². The normalized spacial score (nSPS) is 10.2. The van der Waals surface area contributed by atoms with E-state index in [1.165, 1.54) is 6.20 Å². The molecule has 0 bridgehead atoms. The van der Waals surface area contributed by atoms with Crippen LogP contribution in [0.25, 0.3) is 0 Å². The topological polar surface area (TPSA) is 65.5 Å². The van der Waals surface area contributed by atoms with Crippen LogP contribution >= 0.6 is 11.6 Å². The van der Waals surface area contributed by atoms with Crippen molar-refractivity contribution < 1.29 is 9.90 Å². The van der Waals surface area contributed by atoms with Crippen LogP contribution in [0.15, 0.2) is 42.6 Å². The van der Waals surface area contributed by atoms with Crippen molar-refractivity contribution in [1.29, 1.82) is 0 Å². The van der Waals surface area contributed by atoms with Gasteiger partial charge in [-0.1, -0.05) is 23.7 Å². The second kappa shape index (κ2) is 7.06. The Bertz CT molecular complexity index is 617. The number of aliphatic hydroxyl groups excluding tert-OH is 1. The zero-order chi connectivity index (χ0) is 15.2. The van der Waals surface area contributed by atoms with Crippen LogP contribution in [0.3, 0.4) is 0 Å². The first-order valence-corrected chi connectivity index (χ1v) is 6.78. The van der Waals surface area contributed by atoms with Crippen LogP contribution in [-0.4, -0.2) is 29.6 Å². The first kappa shape index (κ1) is 15.3. The summed E-state index contributed by atoms with van der Waals surface area (Å²) in [6.45, 7) is 0.107. The molecule has 1 heterocycles. The Labute approximate surface area is 128 Å². The van der Waals surface area contributed by atoms with Crippen LogP contribution in [0.2, 0.25) is 5.02 Å². The van der Waals surface area contributed by atoms with Crippen LogP contribution in [0, 0.1) is 0 Å². The minimum atomic E-state index is -0.163. The number of likely N-dealkylation sites (N-methyl/N-ethyl adjacent to an activating group) is 1. The molecular formula is C15H16ClN3O2. The average Bonchev–Trinajstić information content (AvgIpc) is 2.47. The lowest BCUT2D eigenvalue weighted by Gasteiger charge is -2.17. The Balaban J connectivity index is 1.96. The van der Waals surface area contributed by atoms with Gasteiger partial charge in [0.1, 0.15) is 5.82 Å². The predicted octanol–water partition coefficient (Wildman–Crippen LogP) is 2.30. The first-order valence-electron chi connectivity index (χ1n) is 6.41. The second-order valence-electron chi connectivity index (χ2n) is 4.60. The summed E-state index contributed by atoms with van der Waals surface area (Å²) >= 11 is 5.78. The second-order valence-corrected chi connectivity index (χ2v) is 5.03. The van der Waals surface area contributed by atoms with Gasteiger partial charge >= 0.3 is 0 Å². The lowest BCUT2D eigenvalue weighted by molar-refractivity contribution is -0.114. The predicted molar refractivity (Wildman–Crippen MR) is 83.5 cm³/mol. The minimum absolute atomic E-state index is 0.0572. The minimum Gasteiger partial charge on any atom is -0.392 e. The largest absolute Gasteiger partial charge is 0.392 e. The molecule has 0 spiro atoms. The van der Waals surface area contributed by atoms with Gasteiger partial charge in [-0.25, -0.2) is 4.98 Å². The van der Waals surface area contributed by atoms with Gasteiger partial charge in [-0.2, -0.15) is 0 Å². The van der Waals surface area contributed by atoms with E-state index < -0.39 is 0 Å². The number of amides is 1. The van der Waals surface area contributed by atoms with E-state index in [0.29, 0.717) is 16.5 Å². The van der Waals surface area contributed by atoms with Gasteiger partial charge in [0.05, 0.1) is 18.2 Å². The van der Waals surface area contributed by atoms with Crippen molar-refractivity contribution in [2.24, 2.45) is 0 Å². The Morgan fingerprint density at radius 2 is 2.19 bits per heavy atom. The maximum atomic E-state index is 12.0. The zero-order valence-electron chi connectivity index (χ0n) is 11.6. The van der Waals surface area contributed by atoms with Crippen LogP contribution in [0.5, 0.6) is 0 Å². The molecule has 21 heavy (non-hydrogen) atoms. The standard InChI is InChI=1S/C15H16ClN3O2/c1-19(14-6-5-12(16)8-17-14)9-15(21)18-13-4-2-3-11(7-13)10-20/h2-8,20H,9-10H2,1H3,(H,18,21). The molecule has 1 aromatic heterocycles. The van der Waals surface area contributed by atoms with Crippen LogP contribution in [0.1, 0.15) is 5.56 Å². The first-order chi connectivity index (χ1) is 10.1. The van der Waals surface area contributed by atoms with Crippen molar-refractivity contribution in [3.05, 3.63) is 53.2 Å². The molecule has 0 saturated carbocycles. The number of aromatic nitrogens is 1. The fraction of sp³-hybridized carbons (Fsp3) is 0.200. The van der Waals surface area contributed by atoms with Crippen molar-refractivity contribution in [2.75, 3.05) is 23.8 Å². The highest BCUT2D eigenvalue weighted by molar-refractivity contribution is 6.30. The summed E-state index contributed by atoms with van der Waals surface area (Å²) in [6, 6.07) is 10.6. The molecule has 1 amide bonds. The van der Waals surface area contributed by atoms with Crippen molar-refractivity contribution in [2.45, 2.75) is 6.61 Å². The summed E-state index contributed by atoms with van der Waals surface area (Å²) < 4.78 is 0. The summed E-state index contributed by atoms with van der Waals surface area (Å²) in [4.78, 5) is 17.9. The van der Waals surface area contributed by atoms with E-state index >= 15 is 0 Å². The molecule has 6 heteroatoms. The molecule has 2 N–H and O–H groups in total. The van der Waals surface area contributed by atoms with E-state index in [-0.39, 0.29) is 19.1 Å². The third-order valence-electron chi connectivity index (χ3n) is 2.88. The number of nitrogens with one attached hydrogen (secondary N) is 1. The molecule has 0 unspecified atom stereocenters. The van der Waals surface area contributed by atoms with E-state index in [4.69, 9.17) is 16.7 Å². The number of hydrogen-bond acceptors (Lipinski definition) is 4. The lowest BCUT2D eigenvalue weighted by Crippen LogP contribution is -2.30. The van der Waals surface area contributed by atoms with Gasteiger partial charge in [-0.3, -0.25) is 4.79 Å². The van der Waals surface area contributed by atoms with Gasteiger partial charge in [-0.15, -0.1) is 0 Å². The number of nitrogens with zero attached hydrogens (tertiary/aromatic N) is 2. The zero-order valence-corrected chi connectivity index (χ0v) is 12.3. The molecule has 2 rings (SSSR count). The van der Waals surface area contributed by atoms with Gasteiger partial charge < -0.3 is 15.3 Å². The molecule has 1 aromatic carbocycles. The number of hydrogen-bond donors (Lipinski definition) is 2. The van der Waals surface area contributed by atoms with Crippen molar-refractivity contribution in [3.63, 3.8) is 0 Å². The van der Waals surface area contributed by atoms with Gasteiger partial charge in [0.2, 0.25) is 5.91 Å². The number of pyridine rings is 1. The summed E-state index contributed by atoms with van der Waals surface area (Å²) in [7, 11) is 1.78. The Morgan fingerprint density at radius 1 is 1.38 bits per heavy atom. The maximum Gasteiger partial charge on any atom is 0.243 e. The SMILES string of the molecule is CN(CC(=O)Nc1cccc(CO)c1)c1ccc(Cl)cn1. The number of rotatable bonds is 5. The summed E-state index contributed by atoms with van der Waals surface area (Å²) in [5.74, 6) is 0.503. The highest BCUT2D eigenvalue weighted by Crippen LogP contribution is 2.14.